The SMILES string of the molecule is OCCCN(CCc1nc(CCl)cs1)C1CCC1. The average molecular weight is 289 g/mol. The summed E-state index contributed by atoms with van der Waals surface area (Å²) in [5.74, 6) is 0.507. The predicted octanol–water partition coefficient (Wildman–Crippen LogP) is 2.66. The number of halogens is 1. The second-order valence-electron chi connectivity index (χ2n) is 4.81. The van der Waals surface area contributed by atoms with E-state index in [0.717, 1.165) is 37.7 Å². The van der Waals surface area contributed by atoms with Gasteiger partial charge in [-0.1, -0.05) is 6.42 Å². The maximum Gasteiger partial charge on any atom is 0.0941 e. The monoisotopic (exact) mass is 288 g/mol. The molecule has 1 aromatic rings. The van der Waals surface area contributed by atoms with E-state index in [1.165, 1.54) is 24.3 Å². The second kappa shape index (κ2) is 7.43. The predicted molar refractivity (Wildman–Crippen MR) is 76.3 cm³/mol. The number of nitrogens with zero attached hydrogens (tertiary/aromatic N) is 2. The molecular weight excluding hydrogens is 268 g/mol. The van der Waals surface area contributed by atoms with Crippen molar-refractivity contribution >= 4 is 22.9 Å². The van der Waals surface area contributed by atoms with Gasteiger partial charge < -0.3 is 5.11 Å². The zero-order valence-electron chi connectivity index (χ0n) is 10.6. The molecule has 102 valence electrons. The quantitative estimate of drug-likeness (QED) is 0.747. The van der Waals surface area contributed by atoms with E-state index in [1.54, 1.807) is 11.3 Å². The highest BCUT2D eigenvalue weighted by molar-refractivity contribution is 7.09. The minimum Gasteiger partial charge on any atom is -0.396 e. The minimum absolute atomic E-state index is 0.289. The summed E-state index contributed by atoms with van der Waals surface area (Å²) in [7, 11) is 0. The standard InChI is InChI=1S/C13H21ClN2OS/c14-9-11-10-18-13(15-11)5-7-16(6-2-8-17)12-3-1-4-12/h10,12,17H,1-9H2. The molecule has 3 nitrogen and oxygen atoms in total. The van der Waals surface area contributed by atoms with Gasteiger partial charge in [-0.3, -0.25) is 4.90 Å². The Balaban J connectivity index is 1.80. The van der Waals surface area contributed by atoms with Crippen molar-refractivity contribution in [2.75, 3.05) is 19.7 Å². The van der Waals surface area contributed by atoms with Crippen LogP contribution in [0, 0.1) is 0 Å². The van der Waals surface area contributed by atoms with Crippen molar-refractivity contribution in [3.63, 3.8) is 0 Å². The van der Waals surface area contributed by atoms with Gasteiger partial charge in [-0.05, 0) is 19.3 Å². The third-order valence-corrected chi connectivity index (χ3v) is 4.77. The van der Waals surface area contributed by atoms with Gasteiger partial charge in [0.1, 0.15) is 0 Å². The van der Waals surface area contributed by atoms with Crippen LogP contribution in [0.2, 0.25) is 0 Å². The Kier molecular flexibility index (Phi) is 5.89. The van der Waals surface area contributed by atoms with E-state index < -0.39 is 0 Å². The Labute approximate surface area is 118 Å². The van der Waals surface area contributed by atoms with Crippen molar-refractivity contribution in [2.24, 2.45) is 0 Å². The molecule has 5 heteroatoms. The summed E-state index contributed by atoms with van der Waals surface area (Å²) in [6.45, 7) is 2.35. The topological polar surface area (TPSA) is 36.4 Å². The third-order valence-electron chi connectivity index (χ3n) is 3.54. The van der Waals surface area contributed by atoms with Crippen molar-refractivity contribution in [1.29, 1.82) is 0 Å². The van der Waals surface area contributed by atoms with Gasteiger partial charge in [0.2, 0.25) is 0 Å². The molecule has 0 amide bonds. The summed E-state index contributed by atoms with van der Waals surface area (Å²) in [6, 6.07) is 0.740. The lowest BCUT2D eigenvalue weighted by Gasteiger charge is -2.37. The molecular formula is C13H21ClN2OS. The van der Waals surface area contributed by atoms with Gasteiger partial charge in [-0.15, -0.1) is 22.9 Å². The molecule has 2 rings (SSSR count). The Bertz CT molecular complexity index is 355. The first kappa shape index (κ1) is 14.3. The first-order valence-electron chi connectivity index (χ1n) is 6.67. The summed E-state index contributed by atoms with van der Waals surface area (Å²) in [4.78, 5) is 7.01. The molecule has 0 radical (unpaired) electrons. The summed E-state index contributed by atoms with van der Waals surface area (Å²) in [5, 5.41) is 12.2. The van der Waals surface area contributed by atoms with Crippen LogP contribution in [-0.4, -0.2) is 40.7 Å². The van der Waals surface area contributed by atoms with Crippen LogP contribution in [0.15, 0.2) is 5.38 Å². The lowest BCUT2D eigenvalue weighted by atomic mass is 9.91. The van der Waals surface area contributed by atoms with E-state index in [9.17, 15) is 0 Å². The van der Waals surface area contributed by atoms with Crippen molar-refractivity contribution in [3.05, 3.63) is 16.1 Å². The summed E-state index contributed by atoms with van der Waals surface area (Å²) in [6.07, 6.45) is 5.87. The number of alkyl halides is 1. The largest absolute Gasteiger partial charge is 0.396 e. The smallest absolute Gasteiger partial charge is 0.0941 e. The number of rotatable bonds is 8. The molecule has 0 atom stereocenters. The second-order valence-corrected chi connectivity index (χ2v) is 6.02. The lowest BCUT2D eigenvalue weighted by Crippen LogP contribution is -2.42. The van der Waals surface area contributed by atoms with Gasteiger partial charge in [0.15, 0.2) is 0 Å². The average Bonchev–Trinajstić information content (AvgIpc) is 2.78. The molecule has 0 saturated heterocycles. The molecule has 1 heterocycles. The highest BCUT2D eigenvalue weighted by atomic mass is 35.5. The maximum absolute atomic E-state index is 8.96. The highest BCUT2D eigenvalue weighted by Crippen LogP contribution is 2.25. The number of thiazole rings is 1. The maximum atomic E-state index is 8.96. The van der Waals surface area contributed by atoms with Crippen molar-refractivity contribution in [2.45, 2.75) is 44.0 Å². The molecule has 1 aliphatic rings. The molecule has 0 aliphatic heterocycles. The van der Waals surface area contributed by atoms with E-state index >= 15 is 0 Å². The van der Waals surface area contributed by atoms with E-state index in [0.29, 0.717) is 5.88 Å². The Morgan fingerprint density at radius 3 is 2.83 bits per heavy atom. The van der Waals surface area contributed by atoms with Crippen LogP contribution in [0.5, 0.6) is 0 Å². The van der Waals surface area contributed by atoms with E-state index in [-0.39, 0.29) is 6.61 Å². The van der Waals surface area contributed by atoms with Crippen LogP contribution in [0.3, 0.4) is 0 Å². The molecule has 1 saturated carbocycles. The van der Waals surface area contributed by atoms with Gasteiger partial charge in [0.25, 0.3) is 0 Å². The number of hydrogen-bond acceptors (Lipinski definition) is 4. The van der Waals surface area contributed by atoms with Crippen LogP contribution < -0.4 is 0 Å². The van der Waals surface area contributed by atoms with Crippen LogP contribution in [0.25, 0.3) is 0 Å². The van der Waals surface area contributed by atoms with E-state index in [1.807, 2.05) is 5.38 Å². The van der Waals surface area contributed by atoms with E-state index in [4.69, 9.17) is 16.7 Å². The number of aliphatic hydroxyl groups is 1. The summed E-state index contributed by atoms with van der Waals surface area (Å²) in [5.41, 5.74) is 0.988. The molecule has 1 N–H and O–H groups in total. The molecule has 18 heavy (non-hydrogen) atoms. The first-order chi connectivity index (χ1) is 8.83. The van der Waals surface area contributed by atoms with Crippen LogP contribution in [0.1, 0.15) is 36.4 Å². The lowest BCUT2D eigenvalue weighted by molar-refractivity contribution is 0.118. The third kappa shape index (κ3) is 3.92. The van der Waals surface area contributed by atoms with Crippen LogP contribution in [0.4, 0.5) is 0 Å². The molecule has 1 aliphatic carbocycles. The Morgan fingerprint density at radius 1 is 1.44 bits per heavy atom. The fourth-order valence-corrected chi connectivity index (χ4v) is 3.28. The first-order valence-corrected chi connectivity index (χ1v) is 8.09. The molecule has 1 aromatic heterocycles. The fraction of sp³-hybridized carbons (Fsp3) is 0.769. The normalized spacial score (nSPS) is 16.2. The van der Waals surface area contributed by atoms with Crippen molar-refractivity contribution < 1.29 is 5.11 Å². The van der Waals surface area contributed by atoms with Crippen LogP contribution >= 0.6 is 22.9 Å². The number of aliphatic hydroxyl groups excluding tert-OH is 1. The van der Waals surface area contributed by atoms with E-state index in [2.05, 4.69) is 9.88 Å². The van der Waals surface area contributed by atoms with Gasteiger partial charge in [0, 0.05) is 37.5 Å². The van der Waals surface area contributed by atoms with Crippen molar-refractivity contribution in [1.82, 2.24) is 9.88 Å². The van der Waals surface area contributed by atoms with Crippen molar-refractivity contribution in [3.8, 4) is 0 Å². The molecule has 0 unspecified atom stereocenters. The Morgan fingerprint density at radius 2 is 2.28 bits per heavy atom. The minimum atomic E-state index is 0.289. The molecule has 0 bridgehead atoms. The van der Waals surface area contributed by atoms with Gasteiger partial charge in [0.05, 0.1) is 16.6 Å². The van der Waals surface area contributed by atoms with Gasteiger partial charge in [-0.25, -0.2) is 4.98 Å². The highest BCUT2D eigenvalue weighted by Gasteiger charge is 2.24. The molecule has 0 aromatic carbocycles. The van der Waals surface area contributed by atoms with Gasteiger partial charge in [-0.2, -0.15) is 0 Å². The summed E-state index contributed by atoms with van der Waals surface area (Å²) < 4.78 is 0. The zero-order chi connectivity index (χ0) is 12.8. The zero-order valence-corrected chi connectivity index (χ0v) is 12.2. The van der Waals surface area contributed by atoms with Crippen LogP contribution in [-0.2, 0) is 12.3 Å². The summed E-state index contributed by atoms with van der Waals surface area (Å²) >= 11 is 7.47. The number of aromatic nitrogens is 1. The Hall–Kier alpha value is -0.160. The molecule has 0 spiro atoms. The fourth-order valence-electron chi connectivity index (χ4n) is 2.27. The molecule has 1 fully saturated rings. The number of hydrogen-bond donors (Lipinski definition) is 1. The van der Waals surface area contributed by atoms with Gasteiger partial charge >= 0.3 is 0 Å².